The van der Waals surface area contributed by atoms with Gasteiger partial charge in [-0.25, -0.2) is 4.79 Å². The summed E-state index contributed by atoms with van der Waals surface area (Å²) >= 11 is 0. The number of carbonyl (C=O) groups is 1. The molecule has 0 atom stereocenters. The lowest BCUT2D eigenvalue weighted by atomic mass is 9.98. The Morgan fingerprint density at radius 3 is 2.95 bits per heavy atom. The molecule has 0 unspecified atom stereocenters. The number of aromatic nitrogens is 2. The van der Waals surface area contributed by atoms with Crippen molar-refractivity contribution in [3.05, 3.63) is 53.5 Å². The predicted molar refractivity (Wildman–Crippen MR) is 81.9 cm³/mol. The number of methoxy groups -OCH3 is 1. The maximum atomic E-state index is 11.5. The monoisotopic (exact) mass is 282 g/mol. The molecule has 1 aliphatic rings. The number of nitrogens with zero attached hydrogens (tertiary/aromatic N) is 2. The number of aryl methyl sites for hydroxylation is 1. The molecule has 2 aromatic heterocycles. The normalized spacial score (nSPS) is 14.8. The fourth-order valence-corrected chi connectivity index (χ4v) is 2.67. The first kappa shape index (κ1) is 13.6. The Hall–Kier alpha value is -2.36. The van der Waals surface area contributed by atoms with Gasteiger partial charge in [0, 0.05) is 29.4 Å². The molecule has 3 rings (SSSR count). The van der Waals surface area contributed by atoms with Gasteiger partial charge < -0.3 is 9.30 Å². The molecule has 0 aromatic carbocycles. The fourth-order valence-electron chi connectivity index (χ4n) is 2.67. The third-order valence-electron chi connectivity index (χ3n) is 3.85. The molecule has 0 amide bonds. The highest BCUT2D eigenvalue weighted by molar-refractivity contribution is 5.89. The van der Waals surface area contributed by atoms with E-state index in [1.54, 1.807) is 0 Å². The molecular weight excluding hydrogens is 264 g/mol. The molecule has 0 radical (unpaired) electrons. The maximum Gasteiger partial charge on any atom is 0.333 e. The van der Waals surface area contributed by atoms with Crippen molar-refractivity contribution in [1.29, 1.82) is 0 Å². The molecule has 21 heavy (non-hydrogen) atoms. The summed E-state index contributed by atoms with van der Waals surface area (Å²) in [7, 11) is 1.42. The molecule has 4 heteroatoms. The summed E-state index contributed by atoms with van der Waals surface area (Å²) in [5.41, 5.74) is 4.23. The smallest absolute Gasteiger partial charge is 0.333 e. The van der Waals surface area contributed by atoms with Gasteiger partial charge in [-0.1, -0.05) is 17.7 Å². The molecule has 2 heterocycles. The number of pyridine rings is 1. The second-order valence-electron chi connectivity index (χ2n) is 5.34. The summed E-state index contributed by atoms with van der Waals surface area (Å²) in [6.45, 7) is 2.83. The highest BCUT2D eigenvalue weighted by atomic mass is 16.5. The zero-order valence-corrected chi connectivity index (χ0v) is 12.3. The Morgan fingerprint density at radius 1 is 1.38 bits per heavy atom. The Labute approximate surface area is 123 Å². The van der Waals surface area contributed by atoms with Gasteiger partial charge in [0.1, 0.15) is 0 Å². The van der Waals surface area contributed by atoms with Gasteiger partial charge >= 0.3 is 5.97 Å². The van der Waals surface area contributed by atoms with Crippen LogP contribution < -0.4 is 0 Å². The Morgan fingerprint density at radius 2 is 2.24 bits per heavy atom. The molecule has 0 bridgehead atoms. The van der Waals surface area contributed by atoms with Crippen LogP contribution in [-0.2, 0) is 16.1 Å². The second kappa shape index (κ2) is 5.56. The van der Waals surface area contributed by atoms with Gasteiger partial charge in [0.2, 0.25) is 0 Å². The summed E-state index contributed by atoms with van der Waals surface area (Å²) in [5, 5.41) is 1.21. The first-order chi connectivity index (χ1) is 10.2. The van der Waals surface area contributed by atoms with Gasteiger partial charge in [-0.2, -0.15) is 0 Å². The van der Waals surface area contributed by atoms with Crippen molar-refractivity contribution in [1.82, 2.24) is 9.55 Å². The molecule has 0 fully saturated rings. The van der Waals surface area contributed by atoms with Gasteiger partial charge in [0.25, 0.3) is 0 Å². The van der Waals surface area contributed by atoms with E-state index in [1.165, 1.54) is 18.1 Å². The average Bonchev–Trinajstić information content (AvgIpc) is 2.89. The van der Waals surface area contributed by atoms with Crippen LogP contribution in [0.1, 0.15) is 18.5 Å². The first-order valence-electron chi connectivity index (χ1n) is 7.06. The van der Waals surface area contributed by atoms with Crippen molar-refractivity contribution < 1.29 is 9.53 Å². The van der Waals surface area contributed by atoms with Crippen molar-refractivity contribution in [2.24, 2.45) is 0 Å². The number of fused-ring (bicyclic) bond motifs is 1. The van der Waals surface area contributed by atoms with E-state index in [0.29, 0.717) is 0 Å². The van der Waals surface area contributed by atoms with E-state index in [4.69, 9.17) is 4.74 Å². The Bertz CT molecular complexity index is 753. The van der Waals surface area contributed by atoms with Gasteiger partial charge in [0.15, 0.2) is 0 Å². The summed E-state index contributed by atoms with van der Waals surface area (Å²) in [5.74, 6) is -0.226. The summed E-state index contributed by atoms with van der Waals surface area (Å²) in [4.78, 5) is 15.8. The molecule has 0 saturated carbocycles. The molecule has 108 valence electrons. The SMILES string of the molecule is COC(=O)C1=CC=C(Cn2ccc3cc(C)ncc32)CC1. The lowest BCUT2D eigenvalue weighted by Gasteiger charge is -2.14. The summed E-state index contributed by atoms with van der Waals surface area (Å²) < 4.78 is 6.95. The Kier molecular flexibility index (Phi) is 3.60. The van der Waals surface area contributed by atoms with Crippen molar-refractivity contribution in [2.75, 3.05) is 7.11 Å². The lowest BCUT2D eigenvalue weighted by molar-refractivity contribution is -0.136. The van der Waals surface area contributed by atoms with Crippen molar-refractivity contribution in [2.45, 2.75) is 26.3 Å². The Balaban J connectivity index is 1.82. The van der Waals surface area contributed by atoms with E-state index in [9.17, 15) is 4.79 Å². The zero-order valence-electron chi connectivity index (χ0n) is 12.3. The minimum atomic E-state index is -0.226. The third kappa shape index (κ3) is 2.75. The lowest BCUT2D eigenvalue weighted by Crippen LogP contribution is -2.09. The minimum Gasteiger partial charge on any atom is -0.466 e. The molecule has 0 saturated heterocycles. The largest absolute Gasteiger partial charge is 0.466 e. The number of hydrogen-bond donors (Lipinski definition) is 0. The molecule has 0 spiro atoms. The fraction of sp³-hybridized carbons (Fsp3) is 0.294. The highest BCUT2D eigenvalue weighted by Crippen LogP contribution is 2.23. The number of hydrogen-bond acceptors (Lipinski definition) is 3. The van der Waals surface area contributed by atoms with Crippen LogP contribution in [0.3, 0.4) is 0 Å². The predicted octanol–water partition coefficient (Wildman–Crippen LogP) is 3.16. The van der Waals surface area contributed by atoms with Crippen LogP contribution in [0.25, 0.3) is 10.9 Å². The molecule has 4 nitrogen and oxygen atoms in total. The molecule has 2 aromatic rings. The first-order valence-corrected chi connectivity index (χ1v) is 7.06. The molecular formula is C17H18N2O2. The number of carbonyl (C=O) groups excluding carboxylic acids is 1. The number of rotatable bonds is 3. The van der Waals surface area contributed by atoms with Crippen LogP contribution in [0.4, 0.5) is 0 Å². The van der Waals surface area contributed by atoms with Gasteiger partial charge in [-0.3, -0.25) is 4.98 Å². The zero-order chi connectivity index (χ0) is 14.8. The van der Waals surface area contributed by atoms with E-state index < -0.39 is 0 Å². The van der Waals surface area contributed by atoms with Crippen LogP contribution in [0.5, 0.6) is 0 Å². The highest BCUT2D eigenvalue weighted by Gasteiger charge is 2.14. The van der Waals surface area contributed by atoms with Crippen LogP contribution >= 0.6 is 0 Å². The van der Waals surface area contributed by atoms with E-state index in [0.717, 1.165) is 36.2 Å². The minimum absolute atomic E-state index is 0.226. The van der Waals surface area contributed by atoms with E-state index in [-0.39, 0.29) is 5.97 Å². The number of allylic oxidation sites excluding steroid dienone is 3. The van der Waals surface area contributed by atoms with Gasteiger partial charge in [0.05, 0.1) is 18.8 Å². The number of esters is 1. The van der Waals surface area contributed by atoms with Gasteiger partial charge in [-0.15, -0.1) is 0 Å². The van der Waals surface area contributed by atoms with Crippen LogP contribution in [0.15, 0.2) is 47.8 Å². The topological polar surface area (TPSA) is 44.1 Å². The van der Waals surface area contributed by atoms with Crippen LogP contribution in [0, 0.1) is 6.92 Å². The van der Waals surface area contributed by atoms with E-state index >= 15 is 0 Å². The van der Waals surface area contributed by atoms with Crippen LogP contribution in [0.2, 0.25) is 0 Å². The average molecular weight is 282 g/mol. The maximum absolute atomic E-state index is 11.5. The number of ether oxygens (including phenoxy) is 1. The van der Waals surface area contributed by atoms with Gasteiger partial charge in [-0.05, 0) is 31.9 Å². The van der Waals surface area contributed by atoms with Crippen molar-refractivity contribution in [3.63, 3.8) is 0 Å². The molecule has 0 aliphatic heterocycles. The quantitative estimate of drug-likeness (QED) is 0.812. The van der Waals surface area contributed by atoms with E-state index in [2.05, 4.69) is 27.9 Å². The summed E-state index contributed by atoms with van der Waals surface area (Å²) in [6.07, 6.45) is 9.55. The van der Waals surface area contributed by atoms with E-state index in [1.807, 2.05) is 25.3 Å². The summed E-state index contributed by atoms with van der Waals surface area (Å²) in [6, 6.07) is 4.21. The second-order valence-corrected chi connectivity index (χ2v) is 5.34. The standard InChI is InChI=1S/C17H18N2O2/c1-12-9-15-7-8-19(16(15)10-18-12)11-13-3-5-14(6-4-13)17(20)21-2/h3,5,7-10H,4,6,11H2,1-2H3. The van der Waals surface area contributed by atoms with Crippen molar-refractivity contribution in [3.8, 4) is 0 Å². The molecule has 1 aliphatic carbocycles. The third-order valence-corrected chi connectivity index (χ3v) is 3.85. The van der Waals surface area contributed by atoms with Crippen molar-refractivity contribution >= 4 is 16.9 Å². The van der Waals surface area contributed by atoms with Crippen LogP contribution in [-0.4, -0.2) is 22.6 Å². The molecule has 0 N–H and O–H groups in total.